The fourth-order valence-electron chi connectivity index (χ4n) is 4.30. The number of hydrogen-bond donors (Lipinski definition) is 2. The molecule has 3 heterocycles. The van der Waals surface area contributed by atoms with Gasteiger partial charge in [-0.3, -0.25) is 19.2 Å². The zero-order valence-electron chi connectivity index (χ0n) is 24.6. The second-order valence-corrected chi connectivity index (χ2v) is 10.3. The molecule has 2 N–H and O–H groups in total. The van der Waals surface area contributed by atoms with E-state index in [1.54, 1.807) is 17.0 Å². The van der Waals surface area contributed by atoms with Gasteiger partial charge < -0.3 is 35.5 Å². The molecule has 0 aliphatic carbocycles. The summed E-state index contributed by atoms with van der Waals surface area (Å²) in [5.74, 6) is -0.763. The monoisotopic (exact) mass is 610 g/mol. The Bertz CT molecular complexity index is 1480. The largest absolute Gasteiger partial charge is 1.00 e. The summed E-state index contributed by atoms with van der Waals surface area (Å²) < 4.78 is 22.7. The third-order valence-corrected chi connectivity index (χ3v) is 7.49. The van der Waals surface area contributed by atoms with Crippen molar-refractivity contribution >= 4 is 45.2 Å². The van der Waals surface area contributed by atoms with Gasteiger partial charge in [0.15, 0.2) is 23.0 Å². The van der Waals surface area contributed by atoms with Gasteiger partial charge in [0, 0.05) is 37.7 Å². The summed E-state index contributed by atoms with van der Waals surface area (Å²) >= 11 is 1.17. The number of aromatic nitrogens is 1. The Labute approximate surface area is 269 Å². The first kappa shape index (κ1) is 33.1. The van der Waals surface area contributed by atoms with Gasteiger partial charge in [0.25, 0.3) is 5.88 Å². The summed E-state index contributed by atoms with van der Waals surface area (Å²) in [6.07, 6.45) is -0.0598. The van der Waals surface area contributed by atoms with E-state index >= 15 is 0 Å². The van der Waals surface area contributed by atoms with Gasteiger partial charge >= 0.3 is 41.5 Å². The number of aliphatic carboxylic acids is 2. The van der Waals surface area contributed by atoms with Crippen LogP contribution in [0, 0.1) is 0 Å². The van der Waals surface area contributed by atoms with Crippen molar-refractivity contribution in [2.75, 3.05) is 27.4 Å². The van der Waals surface area contributed by atoms with Crippen molar-refractivity contribution in [2.45, 2.75) is 45.2 Å². The number of rotatable bonds is 15. The Balaban J connectivity index is 0.00000323. The Morgan fingerprint density at radius 2 is 1.48 bits per heavy atom. The van der Waals surface area contributed by atoms with Crippen LogP contribution in [-0.2, 0) is 27.5 Å². The number of pyridine rings is 1. The number of thiophene rings is 1. The van der Waals surface area contributed by atoms with Crippen molar-refractivity contribution in [1.82, 2.24) is 9.88 Å². The van der Waals surface area contributed by atoms with Gasteiger partial charge in [-0.05, 0) is 35.4 Å². The summed E-state index contributed by atoms with van der Waals surface area (Å²) in [6, 6.07) is 7.07. The number of carbonyl (C=O) groups excluding carboxylic acids is 2. The minimum Gasteiger partial charge on any atom is -1.00 e. The van der Waals surface area contributed by atoms with E-state index < -0.39 is 11.9 Å². The second kappa shape index (κ2) is 15.2. The van der Waals surface area contributed by atoms with Crippen molar-refractivity contribution in [2.24, 2.45) is 0 Å². The maximum Gasteiger partial charge on any atom is 1.00 e. The van der Waals surface area contributed by atoms with Gasteiger partial charge in [-0.2, -0.15) is 4.98 Å². The number of Topliss-reactive ketones (excluding diaryl/α,β-unsaturated/α-hetero) is 1. The standard InChI is InChI=1S/C28H30N2O10S.Na.H/c1-37-20-11-17-14-30(24(32)5-7-26(35)36)15-18(17)12-21(20)39-8-3-9-40-27-22(38-2)10-16-13-23(41-28(16)29-27)19(31)4-6-25(33)34;;/h10-13H,3-9,14-15H2,1-2H3,(H,33,34)(H,35,36);;/q;+1;-1. The van der Waals surface area contributed by atoms with Gasteiger partial charge in [0.1, 0.15) is 4.83 Å². The molecule has 0 saturated heterocycles. The van der Waals surface area contributed by atoms with E-state index in [0.717, 1.165) is 11.1 Å². The fourth-order valence-corrected chi connectivity index (χ4v) is 5.28. The van der Waals surface area contributed by atoms with Crippen molar-refractivity contribution in [3.63, 3.8) is 0 Å². The van der Waals surface area contributed by atoms with Crippen LogP contribution in [0.3, 0.4) is 0 Å². The molecule has 4 rings (SSSR count). The molecule has 12 nitrogen and oxygen atoms in total. The topological polar surface area (TPSA) is 162 Å². The van der Waals surface area contributed by atoms with Gasteiger partial charge in [-0.1, -0.05) is 0 Å². The van der Waals surface area contributed by atoms with Crippen LogP contribution in [0.2, 0.25) is 0 Å². The zero-order chi connectivity index (χ0) is 29.5. The Hall–Kier alpha value is -3.39. The summed E-state index contributed by atoms with van der Waals surface area (Å²) in [4.78, 5) is 53.3. The molecule has 0 atom stereocenters. The first-order valence-electron chi connectivity index (χ1n) is 12.9. The summed E-state index contributed by atoms with van der Waals surface area (Å²) in [5, 5.41) is 18.4. The van der Waals surface area contributed by atoms with Crippen LogP contribution in [-0.4, -0.2) is 71.2 Å². The van der Waals surface area contributed by atoms with Gasteiger partial charge in [-0.25, -0.2) is 0 Å². The number of amides is 1. The van der Waals surface area contributed by atoms with Crippen LogP contribution in [0.1, 0.15) is 54.3 Å². The minimum absolute atomic E-state index is 0. The van der Waals surface area contributed by atoms with Crippen LogP contribution >= 0.6 is 11.3 Å². The number of carboxylic acid groups (broad SMARTS) is 2. The molecule has 0 bridgehead atoms. The number of fused-ring (bicyclic) bond motifs is 2. The number of ketones is 1. The zero-order valence-corrected chi connectivity index (χ0v) is 26.5. The predicted molar refractivity (Wildman–Crippen MR) is 148 cm³/mol. The van der Waals surface area contributed by atoms with Crippen LogP contribution < -0.4 is 48.5 Å². The number of methoxy groups -OCH3 is 2. The molecule has 1 aliphatic rings. The van der Waals surface area contributed by atoms with E-state index in [9.17, 15) is 19.2 Å². The number of carbonyl (C=O) groups is 4. The predicted octanol–water partition coefficient (Wildman–Crippen LogP) is 1.03. The Morgan fingerprint density at radius 1 is 0.857 bits per heavy atom. The van der Waals surface area contributed by atoms with Gasteiger partial charge in [-0.15, -0.1) is 11.3 Å². The van der Waals surface area contributed by atoms with Crippen molar-refractivity contribution in [3.8, 4) is 23.1 Å². The summed E-state index contributed by atoms with van der Waals surface area (Å²) in [5.41, 5.74) is 1.84. The fraction of sp³-hybridized carbons (Fsp3) is 0.393. The molecule has 1 aliphatic heterocycles. The normalized spacial score (nSPS) is 11.9. The van der Waals surface area contributed by atoms with E-state index in [4.69, 9.17) is 29.2 Å². The first-order chi connectivity index (χ1) is 19.7. The van der Waals surface area contributed by atoms with E-state index in [1.807, 2.05) is 12.1 Å². The van der Waals surface area contributed by atoms with E-state index in [1.165, 1.54) is 25.6 Å². The van der Waals surface area contributed by atoms with Crippen molar-refractivity contribution in [1.29, 1.82) is 0 Å². The minimum atomic E-state index is -1.03. The molecule has 220 valence electrons. The van der Waals surface area contributed by atoms with Gasteiger partial charge in [0.2, 0.25) is 5.91 Å². The number of nitrogens with zero attached hydrogens (tertiary/aromatic N) is 2. The molecular weight excluding hydrogens is 579 g/mol. The Kier molecular flexibility index (Phi) is 12.0. The third-order valence-electron chi connectivity index (χ3n) is 6.40. The quantitative estimate of drug-likeness (QED) is 0.144. The molecule has 14 heteroatoms. The number of carboxylic acids is 2. The molecule has 1 amide bonds. The van der Waals surface area contributed by atoms with Crippen LogP contribution in [0.5, 0.6) is 23.1 Å². The Morgan fingerprint density at radius 3 is 2.12 bits per heavy atom. The number of hydrogen-bond acceptors (Lipinski definition) is 10. The second-order valence-electron chi connectivity index (χ2n) is 9.28. The average Bonchev–Trinajstić information content (AvgIpc) is 3.56. The van der Waals surface area contributed by atoms with Gasteiger partial charge in [0.05, 0.1) is 45.2 Å². The molecular formula is C28H31N2NaO10S. The SMILES string of the molecule is COc1cc2c(cc1OCCCOc1nc3sc(C(=O)CCC(=O)O)cc3cc1OC)CN(C(=O)CCC(=O)O)C2.[H-].[Na+]. The van der Waals surface area contributed by atoms with Crippen molar-refractivity contribution in [3.05, 3.63) is 40.3 Å². The smallest absolute Gasteiger partial charge is 1.00 e. The molecule has 0 unspecified atom stereocenters. The van der Waals surface area contributed by atoms with Crippen LogP contribution in [0.25, 0.3) is 10.2 Å². The van der Waals surface area contributed by atoms with E-state index in [0.29, 0.717) is 58.5 Å². The summed E-state index contributed by atoms with van der Waals surface area (Å²) in [7, 11) is 3.03. The molecule has 0 fully saturated rings. The first-order valence-corrected chi connectivity index (χ1v) is 13.7. The summed E-state index contributed by atoms with van der Waals surface area (Å²) in [6.45, 7) is 1.34. The molecule has 3 aromatic rings. The molecule has 1 aromatic carbocycles. The molecule has 0 radical (unpaired) electrons. The number of ether oxygens (including phenoxy) is 4. The molecule has 42 heavy (non-hydrogen) atoms. The number of benzene rings is 1. The van der Waals surface area contributed by atoms with Crippen LogP contribution in [0.15, 0.2) is 24.3 Å². The third kappa shape index (κ3) is 8.34. The van der Waals surface area contributed by atoms with E-state index in [2.05, 4.69) is 4.98 Å². The molecule has 2 aromatic heterocycles. The van der Waals surface area contributed by atoms with Crippen molar-refractivity contribution < 1.29 is 79.3 Å². The molecule has 0 saturated carbocycles. The maximum absolute atomic E-state index is 12.4. The van der Waals surface area contributed by atoms with E-state index in [-0.39, 0.29) is 80.8 Å². The van der Waals surface area contributed by atoms with Crippen LogP contribution in [0.4, 0.5) is 0 Å². The average molecular weight is 611 g/mol. The molecule has 0 spiro atoms. The maximum atomic E-state index is 12.4.